The number of aliphatic hydroxyl groups is 1. The van der Waals surface area contributed by atoms with Crippen LogP contribution in [0.1, 0.15) is 40.7 Å². The van der Waals surface area contributed by atoms with Crippen molar-refractivity contribution < 1.29 is 33.5 Å². The molecule has 0 spiro atoms. The summed E-state index contributed by atoms with van der Waals surface area (Å²) in [6.07, 6.45) is 2.74. The van der Waals surface area contributed by atoms with Gasteiger partial charge in [-0.2, -0.15) is 0 Å². The number of aryl methyl sites for hydroxylation is 4. The lowest BCUT2D eigenvalue weighted by atomic mass is 10.2. The van der Waals surface area contributed by atoms with E-state index in [0.29, 0.717) is 37.2 Å². The molecule has 0 amide bonds. The maximum Gasteiger partial charge on any atom is 0.332 e. The fraction of sp³-hybridized carbons (Fsp3) is 0.422. The van der Waals surface area contributed by atoms with E-state index in [9.17, 15) is 24.3 Å². The first-order chi connectivity index (χ1) is 29.2. The topological polar surface area (TPSA) is 164 Å². The van der Waals surface area contributed by atoms with Crippen LogP contribution in [0.2, 0.25) is 0 Å². The second kappa shape index (κ2) is 24.7. The van der Waals surface area contributed by atoms with Crippen molar-refractivity contribution in [2.45, 2.75) is 85.3 Å². The normalized spacial score (nSPS) is 12.4. The van der Waals surface area contributed by atoms with Gasteiger partial charge in [-0.15, -0.1) is 0 Å². The summed E-state index contributed by atoms with van der Waals surface area (Å²) in [5, 5.41) is 10.0. The van der Waals surface area contributed by atoms with E-state index >= 15 is 0 Å². The number of aromatic nitrogens is 4. The van der Waals surface area contributed by atoms with Gasteiger partial charge in [0.25, 0.3) is 11.1 Å². The quantitative estimate of drug-likeness (QED) is 0.0767. The molecule has 0 radical (unpaired) electrons. The lowest BCUT2D eigenvalue weighted by molar-refractivity contribution is -0.0648. The zero-order valence-electron chi connectivity index (χ0n) is 34.4. The van der Waals surface area contributed by atoms with Crippen LogP contribution >= 0.6 is 0 Å². The standard InChI is InChI=1S/C45H56N4O11/c1-35-26-46(44(53)48(42(35)51)33-57-30-38-14-8-4-9-15-38)20-18-40(28-50)59-24-23-56-32-41(60-25-22-55-29-37-12-6-3-7-13-37)19-21-47-27-36(2)43(52)49(45(47)54)34-58-31-39-16-10-5-11-17-39/h3-17,26-27,40-41,50H,18-25,28-34H2,1-2H3/t40-,41?/m0/s1. The average molecular weight is 829 g/mol. The van der Waals surface area contributed by atoms with Crippen LogP contribution in [0.25, 0.3) is 0 Å². The Kier molecular flexibility index (Phi) is 18.9. The highest BCUT2D eigenvalue weighted by Gasteiger charge is 2.16. The van der Waals surface area contributed by atoms with Gasteiger partial charge in [-0.1, -0.05) is 91.0 Å². The molecule has 0 aliphatic rings. The predicted molar refractivity (Wildman–Crippen MR) is 225 cm³/mol. The summed E-state index contributed by atoms with van der Waals surface area (Å²) in [6.45, 7) is 5.21. The summed E-state index contributed by atoms with van der Waals surface area (Å²) in [7, 11) is 0. The summed E-state index contributed by atoms with van der Waals surface area (Å²) in [5.41, 5.74) is 1.87. The van der Waals surface area contributed by atoms with Crippen molar-refractivity contribution in [1.82, 2.24) is 18.3 Å². The molecular formula is C45H56N4O11. The monoisotopic (exact) mass is 828 g/mol. The van der Waals surface area contributed by atoms with E-state index in [2.05, 4.69) is 0 Å². The lowest BCUT2D eigenvalue weighted by Gasteiger charge is -2.20. The molecule has 2 aromatic heterocycles. The third-order valence-corrected chi connectivity index (χ3v) is 9.65. The van der Waals surface area contributed by atoms with Crippen molar-refractivity contribution in [3.63, 3.8) is 0 Å². The first-order valence-corrected chi connectivity index (χ1v) is 20.1. The average Bonchev–Trinajstić information content (AvgIpc) is 3.27. The minimum atomic E-state index is -0.591. The molecule has 0 fully saturated rings. The van der Waals surface area contributed by atoms with E-state index < -0.39 is 34.7 Å². The molecule has 1 unspecified atom stereocenters. The molecule has 2 heterocycles. The largest absolute Gasteiger partial charge is 0.394 e. The molecular weight excluding hydrogens is 773 g/mol. The summed E-state index contributed by atoms with van der Waals surface area (Å²) in [4.78, 5) is 52.2. The van der Waals surface area contributed by atoms with Gasteiger partial charge in [-0.05, 0) is 43.4 Å². The maximum atomic E-state index is 13.4. The zero-order valence-corrected chi connectivity index (χ0v) is 34.4. The molecule has 322 valence electrons. The van der Waals surface area contributed by atoms with Gasteiger partial charge in [0.05, 0.1) is 71.7 Å². The highest BCUT2D eigenvalue weighted by molar-refractivity contribution is 5.15. The molecule has 0 aliphatic carbocycles. The van der Waals surface area contributed by atoms with E-state index in [1.54, 1.807) is 20.0 Å². The Morgan fingerprint density at radius 1 is 0.517 bits per heavy atom. The summed E-state index contributed by atoms with van der Waals surface area (Å²) >= 11 is 0. The number of aliphatic hydroxyl groups excluding tert-OH is 1. The van der Waals surface area contributed by atoms with Gasteiger partial charge in [0.1, 0.15) is 13.5 Å². The number of benzene rings is 3. The van der Waals surface area contributed by atoms with Crippen LogP contribution in [0.5, 0.6) is 0 Å². The van der Waals surface area contributed by atoms with Crippen molar-refractivity contribution in [1.29, 1.82) is 0 Å². The van der Waals surface area contributed by atoms with Crippen molar-refractivity contribution in [3.05, 3.63) is 173 Å². The Bertz CT molecular complexity index is 2260. The summed E-state index contributed by atoms with van der Waals surface area (Å²) in [5.74, 6) is 0. The van der Waals surface area contributed by atoms with Gasteiger partial charge in [0.15, 0.2) is 0 Å². The highest BCUT2D eigenvalue weighted by Crippen LogP contribution is 2.07. The number of hydrogen-bond acceptors (Lipinski definition) is 11. The molecule has 0 saturated carbocycles. The van der Waals surface area contributed by atoms with Gasteiger partial charge in [-0.25, -0.2) is 18.7 Å². The Labute approximate surface area is 348 Å². The van der Waals surface area contributed by atoms with E-state index in [1.807, 2.05) is 91.0 Å². The zero-order chi connectivity index (χ0) is 42.5. The Balaban J connectivity index is 1.11. The van der Waals surface area contributed by atoms with E-state index in [1.165, 1.54) is 15.3 Å². The molecule has 5 rings (SSSR count). The Hall–Kier alpha value is -5.26. The number of hydrogen-bond donors (Lipinski definition) is 1. The molecule has 3 aromatic carbocycles. The fourth-order valence-corrected chi connectivity index (χ4v) is 6.34. The second-order valence-electron chi connectivity index (χ2n) is 14.3. The van der Waals surface area contributed by atoms with Crippen molar-refractivity contribution >= 4 is 0 Å². The minimum absolute atomic E-state index is 0.158. The fourth-order valence-electron chi connectivity index (χ4n) is 6.34. The van der Waals surface area contributed by atoms with Crippen molar-refractivity contribution in [2.24, 2.45) is 0 Å². The molecule has 5 aromatic rings. The Morgan fingerprint density at radius 3 is 1.37 bits per heavy atom. The molecule has 0 aliphatic heterocycles. The summed E-state index contributed by atoms with van der Waals surface area (Å²) < 4.78 is 40.3. The highest BCUT2D eigenvalue weighted by atomic mass is 16.6. The molecule has 0 bridgehead atoms. The number of nitrogens with zero attached hydrogens (tertiary/aromatic N) is 4. The second-order valence-corrected chi connectivity index (χ2v) is 14.3. The van der Waals surface area contributed by atoms with Crippen LogP contribution in [0, 0.1) is 13.8 Å². The molecule has 60 heavy (non-hydrogen) atoms. The van der Waals surface area contributed by atoms with Crippen LogP contribution in [0.15, 0.2) is 123 Å². The van der Waals surface area contributed by atoms with Gasteiger partial charge in [0.2, 0.25) is 0 Å². The summed E-state index contributed by atoms with van der Waals surface area (Å²) in [6, 6.07) is 28.8. The van der Waals surface area contributed by atoms with E-state index in [0.717, 1.165) is 25.8 Å². The van der Waals surface area contributed by atoms with Gasteiger partial charge < -0.3 is 33.5 Å². The maximum absolute atomic E-state index is 13.4. The SMILES string of the molecule is Cc1cn(CCC(COCCO[C@H](CO)CCn2cc(C)c(=O)n(COCc3ccccc3)c2=O)OCCOCc2ccccc2)c(=O)n(COCc2ccccc2)c1=O. The van der Waals surface area contributed by atoms with Crippen molar-refractivity contribution in [3.8, 4) is 0 Å². The molecule has 15 heteroatoms. The van der Waals surface area contributed by atoms with Crippen LogP contribution < -0.4 is 22.5 Å². The molecule has 1 N–H and O–H groups in total. The van der Waals surface area contributed by atoms with Crippen LogP contribution in [-0.2, 0) is 74.8 Å². The van der Waals surface area contributed by atoms with E-state index in [4.69, 9.17) is 28.4 Å². The molecule has 2 atom stereocenters. The third kappa shape index (κ3) is 14.5. The van der Waals surface area contributed by atoms with Crippen LogP contribution in [0.4, 0.5) is 0 Å². The minimum Gasteiger partial charge on any atom is -0.394 e. The molecule has 0 saturated heterocycles. The Morgan fingerprint density at radius 2 is 0.917 bits per heavy atom. The van der Waals surface area contributed by atoms with Gasteiger partial charge >= 0.3 is 11.4 Å². The van der Waals surface area contributed by atoms with Crippen LogP contribution in [-0.4, -0.2) is 75.2 Å². The third-order valence-electron chi connectivity index (χ3n) is 9.65. The first-order valence-electron chi connectivity index (χ1n) is 20.1. The predicted octanol–water partition coefficient (Wildman–Crippen LogP) is 3.78. The first kappa shape index (κ1) is 45.8. The van der Waals surface area contributed by atoms with Gasteiger partial charge in [-0.3, -0.25) is 18.7 Å². The van der Waals surface area contributed by atoms with Crippen LogP contribution in [0.3, 0.4) is 0 Å². The lowest BCUT2D eigenvalue weighted by Crippen LogP contribution is -2.41. The molecule has 15 nitrogen and oxygen atoms in total. The number of ether oxygens (including phenoxy) is 6. The number of rotatable bonds is 27. The van der Waals surface area contributed by atoms with Crippen molar-refractivity contribution in [2.75, 3.05) is 39.6 Å². The van der Waals surface area contributed by atoms with Gasteiger partial charge in [0, 0.05) is 36.6 Å². The van der Waals surface area contributed by atoms with E-state index in [-0.39, 0.29) is 72.8 Å². The smallest absolute Gasteiger partial charge is 0.332 e.